The fraction of sp³-hybridized carbons (Fsp3) is 0.881. The van der Waals surface area contributed by atoms with E-state index in [-0.39, 0.29) is 0 Å². The van der Waals surface area contributed by atoms with E-state index in [4.69, 9.17) is 61.6 Å². The van der Waals surface area contributed by atoms with Crippen LogP contribution in [0.3, 0.4) is 0 Å². The summed E-state index contributed by atoms with van der Waals surface area (Å²) in [5.41, 5.74) is 0. The van der Waals surface area contributed by atoms with Crippen LogP contribution in [0.25, 0.3) is 0 Å². The molecule has 7 saturated heterocycles. The monoisotopic (exact) mass is 1580 g/mol. The van der Waals surface area contributed by atoms with Gasteiger partial charge in [0.2, 0.25) is 23.6 Å². The first-order valence-corrected chi connectivity index (χ1v) is 33.5. The number of nitrogens with one attached hydrogen (secondary N) is 4. The first kappa shape index (κ1) is 90.1. The molecular weight excluding hydrogens is 1480 g/mol. The van der Waals surface area contributed by atoms with Crippen molar-refractivity contribution in [2.24, 2.45) is 0 Å². The van der Waals surface area contributed by atoms with Gasteiger partial charge in [0.25, 0.3) is 17.4 Å². The first-order chi connectivity index (χ1) is 50.5. The van der Waals surface area contributed by atoms with Crippen molar-refractivity contribution in [3.63, 3.8) is 0 Å². The molecule has 7 rings (SSSR count). The second kappa shape index (κ2) is 37.7. The number of carbonyl (C=O) groups is 7. The molecule has 0 aromatic heterocycles. The number of hydrogen-bond acceptors (Lipinski definition) is 42. The topological polar surface area (TPSA) is 793 Å². The quantitative estimate of drug-likeness (QED) is 0.0297. The van der Waals surface area contributed by atoms with Crippen LogP contribution in [-0.2, 0) is 95.1 Å². The second-order valence-corrected chi connectivity index (χ2v) is 26.8. The predicted molar refractivity (Wildman–Crippen MR) is 330 cm³/mol. The number of aliphatic hydroxyl groups excluding tert-OH is 22. The molecule has 0 aromatic carbocycles. The van der Waals surface area contributed by atoms with Crippen LogP contribution in [0.5, 0.6) is 0 Å². The molecule has 49 heteroatoms. The fourth-order valence-electron chi connectivity index (χ4n) is 13.6. The second-order valence-electron chi connectivity index (χ2n) is 26.8. The Balaban J connectivity index is 1.38. The van der Waals surface area contributed by atoms with Crippen molar-refractivity contribution in [2.75, 3.05) is 46.2 Å². The van der Waals surface area contributed by atoms with Crippen LogP contribution < -0.4 is 21.3 Å². The molecule has 0 unspecified atom stereocenters. The average molecular weight is 1580 g/mol. The minimum atomic E-state index is -3.81. The zero-order valence-electron chi connectivity index (χ0n) is 57.6. The lowest BCUT2D eigenvalue weighted by molar-refractivity contribution is -0.405. The van der Waals surface area contributed by atoms with Crippen molar-refractivity contribution in [3.8, 4) is 0 Å². The van der Waals surface area contributed by atoms with Crippen molar-refractivity contribution in [3.05, 3.63) is 0 Å². The van der Waals surface area contributed by atoms with E-state index in [1.807, 2.05) is 0 Å². The van der Waals surface area contributed by atoms with Gasteiger partial charge in [-0.15, -0.1) is 0 Å². The van der Waals surface area contributed by atoms with Gasteiger partial charge in [0.15, 0.2) is 25.2 Å². The Morgan fingerprint density at radius 2 is 0.796 bits per heavy atom. The van der Waals surface area contributed by atoms with Gasteiger partial charge in [-0.2, -0.15) is 0 Å². The van der Waals surface area contributed by atoms with Crippen LogP contribution in [0.15, 0.2) is 0 Å². The number of carboxylic acid groups (broad SMARTS) is 3. The normalized spacial score (nSPS) is 43.4. The molecule has 622 valence electrons. The molecule has 0 bridgehead atoms. The summed E-state index contributed by atoms with van der Waals surface area (Å²) >= 11 is 0. The highest BCUT2D eigenvalue weighted by molar-refractivity contribution is 5.78. The molecule has 49 nitrogen and oxygen atoms in total. The van der Waals surface area contributed by atoms with Gasteiger partial charge in [-0.3, -0.25) is 19.2 Å². The molecule has 7 aliphatic heterocycles. The van der Waals surface area contributed by atoms with Gasteiger partial charge in [0.1, 0.15) is 153 Å². The Labute approximate surface area is 609 Å². The molecule has 29 N–H and O–H groups in total. The smallest absolute Gasteiger partial charge is 0.364 e. The van der Waals surface area contributed by atoms with E-state index < -0.39 is 339 Å². The van der Waals surface area contributed by atoms with Crippen LogP contribution >= 0.6 is 0 Å². The van der Waals surface area contributed by atoms with Gasteiger partial charge in [-0.25, -0.2) is 14.4 Å². The Hall–Kier alpha value is -5.11. The zero-order chi connectivity index (χ0) is 80.8. The number of amides is 4. The fourth-order valence-corrected chi connectivity index (χ4v) is 13.6. The third-order valence-corrected chi connectivity index (χ3v) is 19.1. The number of carboxylic acids is 3. The van der Waals surface area contributed by atoms with Gasteiger partial charge in [-0.05, 0) is 0 Å². The lowest BCUT2D eigenvalue weighted by Gasteiger charge is -2.53. The van der Waals surface area contributed by atoms with Gasteiger partial charge in [-0.1, -0.05) is 0 Å². The minimum Gasteiger partial charge on any atom is -0.477 e. The maximum atomic E-state index is 14.3. The minimum absolute atomic E-state index is 0.797. The summed E-state index contributed by atoms with van der Waals surface area (Å²) < 4.78 is 76.1. The molecule has 0 saturated carbocycles. The van der Waals surface area contributed by atoms with E-state index in [9.17, 15) is 161 Å². The third kappa shape index (κ3) is 19.6. The zero-order valence-corrected chi connectivity index (χ0v) is 57.6. The van der Waals surface area contributed by atoms with Crippen LogP contribution in [0, 0.1) is 0 Å². The molecule has 0 aliphatic carbocycles. The SMILES string of the molecule is CC(=O)N[C@H]1[C@H](O[C@@H]2[C@H](O[C@]3(C(=O)O)C[C@H](O)[C@@H](NC(C)=O)[C@H]([C@H](O)[C@@H](CO)O[C@]4(C(=O)O)C[C@H](O)[C@@H](NC(C)=O)[C@H]([C@H](O)[C@H](O)CO)O4)O3)[C@@H](O)[C@H](O[C@H]3[C@H](O)[C@@H](O)[C@H](O)O[C@@H]3CO)O[C@@H]2CO)O[C@H](CO[C@]2(C(=O)O)C[C@H](O)[C@@H](NC(C)=O)[C@H]([C@H](O)[C@H](O)CO)O2)[C@H](O)[C@@H]1O[C@@H]1O[C@H](CO)[C@H](O)[C@H](O)[C@H]1O. The maximum Gasteiger partial charge on any atom is 0.364 e. The Morgan fingerprint density at radius 1 is 0.398 bits per heavy atom. The van der Waals surface area contributed by atoms with E-state index >= 15 is 0 Å². The molecule has 0 radical (unpaired) electrons. The highest BCUT2D eigenvalue weighted by atomic mass is 16.8. The molecule has 0 spiro atoms. The van der Waals surface area contributed by atoms with Crippen molar-refractivity contribution in [1.29, 1.82) is 0 Å². The van der Waals surface area contributed by atoms with Gasteiger partial charge < -0.3 is 211 Å². The Kier molecular flexibility index (Phi) is 31.4. The van der Waals surface area contributed by atoms with Crippen molar-refractivity contribution in [2.45, 2.75) is 278 Å². The molecule has 7 heterocycles. The largest absolute Gasteiger partial charge is 0.477 e. The van der Waals surface area contributed by atoms with Crippen LogP contribution in [0.4, 0.5) is 0 Å². The predicted octanol–water partition coefficient (Wildman–Crippen LogP) is -18.1. The first-order valence-electron chi connectivity index (χ1n) is 33.5. The number of carbonyl (C=O) groups excluding carboxylic acids is 4. The van der Waals surface area contributed by atoms with Crippen LogP contribution in [0.1, 0.15) is 47.0 Å². The summed E-state index contributed by atoms with van der Waals surface area (Å²) in [6, 6.07) is -8.11. The molecule has 4 amide bonds. The molecule has 38 atom stereocenters. The van der Waals surface area contributed by atoms with Crippen LogP contribution in [-0.4, -0.2) is 447 Å². The summed E-state index contributed by atoms with van der Waals surface area (Å²) in [5, 5.41) is 285. The maximum absolute atomic E-state index is 14.3. The summed E-state index contributed by atoms with van der Waals surface area (Å²) in [6.07, 6.45) is -78.0. The molecule has 7 fully saturated rings. The molecular formula is C59H96N4O45. The van der Waals surface area contributed by atoms with Gasteiger partial charge in [0, 0.05) is 47.0 Å². The van der Waals surface area contributed by atoms with Crippen molar-refractivity contribution in [1.82, 2.24) is 21.3 Å². The number of ether oxygens (including phenoxy) is 13. The Bertz CT molecular complexity index is 3010. The highest BCUT2D eigenvalue weighted by Crippen LogP contribution is 2.44. The van der Waals surface area contributed by atoms with E-state index in [1.54, 1.807) is 0 Å². The number of aliphatic hydroxyl groups is 22. The third-order valence-electron chi connectivity index (χ3n) is 19.1. The van der Waals surface area contributed by atoms with E-state index in [0.29, 0.717) is 0 Å². The summed E-state index contributed by atoms with van der Waals surface area (Å²) in [6.45, 7) is -6.02. The lowest BCUT2D eigenvalue weighted by Crippen LogP contribution is -2.73. The molecule has 7 aliphatic rings. The summed E-state index contributed by atoms with van der Waals surface area (Å²) in [7, 11) is 0. The van der Waals surface area contributed by atoms with E-state index in [1.165, 1.54) is 0 Å². The van der Waals surface area contributed by atoms with Crippen LogP contribution in [0.2, 0.25) is 0 Å². The van der Waals surface area contributed by atoms with E-state index in [2.05, 4.69) is 21.3 Å². The summed E-state index contributed by atoms with van der Waals surface area (Å²) in [4.78, 5) is 92.1. The lowest BCUT2D eigenvalue weighted by atomic mass is 9.87. The molecule has 108 heavy (non-hydrogen) atoms. The van der Waals surface area contributed by atoms with Crippen molar-refractivity contribution >= 4 is 41.5 Å². The average Bonchev–Trinajstić information content (AvgIpc) is 0.743. The van der Waals surface area contributed by atoms with Gasteiger partial charge >= 0.3 is 17.9 Å². The molecule has 0 aromatic rings. The van der Waals surface area contributed by atoms with E-state index in [0.717, 1.165) is 27.7 Å². The highest BCUT2D eigenvalue weighted by Gasteiger charge is 2.65. The standard InChI is InChI=1S/C59H96N4O45/c1-15(70)60-29-19(74)5-57(54(90)91,105-46(29)33(79)22(77)8-64)96-14-28-37(83)45(103-52-41(87)38(84)35(81)24(10-66)98-52)32(63-18(4)73)51(100-28)102-44-27(13-69)99-53(101-43-26(12-68)97-50(89)40(86)39(43)85)42(88)49(44)108-59(56(94)95)7-21(76)31(62-17(3)72)48(107-59)36(82)25(11-67)104-58(55(92)93)6-20(75)30(61-16(2)71)47(106-58)34(80)23(78)9-65/h19-53,64-69,74-89H,5-14H2,1-4H3,(H,60,70)(H,61,71)(H,62,72)(H,63,73)(H,90,91)(H,92,93)(H,94,95)/t19-,20-,21-,22+,23+,24+,25+,26+,27+,28+,29+,30+,31+,32+,33+,34+,35-,36+,37-,38-,39+,40+,41+,42+,43+,44-,45+,46+,47+,48+,49+,50+,51-,52-,53-,57+,58+,59-/m0/s1. The summed E-state index contributed by atoms with van der Waals surface area (Å²) in [5.74, 6) is -21.6. The van der Waals surface area contributed by atoms with Gasteiger partial charge in [0.05, 0.1) is 82.7 Å². The number of hydrogen-bond donors (Lipinski definition) is 29. The Morgan fingerprint density at radius 3 is 1.26 bits per heavy atom. The number of aliphatic carboxylic acids is 3. The number of rotatable bonds is 32. The van der Waals surface area contributed by atoms with Crippen molar-refractivity contribution < 1.29 is 223 Å².